The SMILES string of the molecule is CC#CN1CNCC2NCNC21. The molecule has 2 aliphatic rings. The number of rotatable bonds is 0. The van der Waals surface area contributed by atoms with E-state index in [4.69, 9.17) is 0 Å². The lowest BCUT2D eigenvalue weighted by Gasteiger charge is -2.34. The van der Waals surface area contributed by atoms with Gasteiger partial charge in [-0.2, -0.15) is 0 Å². The van der Waals surface area contributed by atoms with Crippen LogP contribution in [-0.2, 0) is 0 Å². The third-order valence-electron chi connectivity index (χ3n) is 2.29. The average molecular weight is 166 g/mol. The first-order chi connectivity index (χ1) is 5.92. The van der Waals surface area contributed by atoms with Crippen LogP contribution in [0.2, 0.25) is 0 Å². The van der Waals surface area contributed by atoms with Crippen molar-refractivity contribution in [3.05, 3.63) is 0 Å². The number of hydrogen-bond donors (Lipinski definition) is 3. The Kier molecular flexibility index (Phi) is 2.17. The highest BCUT2D eigenvalue weighted by Crippen LogP contribution is 2.07. The predicted octanol–water partition coefficient (Wildman–Crippen LogP) is -1.33. The lowest BCUT2D eigenvalue weighted by Crippen LogP contribution is -2.58. The van der Waals surface area contributed by atoms with Crippen LogP contribution in [0.4, 0.5) is 0 Å². The van der Waals surface area contributed by atoms with E-state index in [1.807, 2.05) is 6.92 Å². The van der Waals surface area contributed by atoms with Crippen LogP contribution >= 0.6 is 0 Å². The smallest absolute Gasteiger partial charge is 0.106 e. The normalized spacial score (nSPS) is 33.9. The van der Waals surface area contributed by atoms with E-state index in [-0.39, 0.29) is 0 Å². The van der Waals surface area contributed by atoms with Crippen LogP contribution in [0.3, 0.4) is 0 Å². The highest BCUT2D eigenvalue weighted by atomic mass is 15.4. The van der Waals surface area contributed by atoms with Gasteiger partial charge in [-0.05, 0) is 6.92 Å². The van der Waals surface area contributed by atoms with Gasteiger partial charge in [0.1, 0.15) is 6.17 Å². The predicted molar refractivity (Wildman–Crippen MR) is 46.9 cm³/mol. The average Bonchev–Trinajstić information content (AvgIpc) is 2.53. The Morgan fingerprint density at radius 2 is 2.33 bits per heavy atom. The summed E-state index contributed by atoms with van der Waals surface area (Å²) < 4.78 is 0. The Labute approximate surface area is 72.7 Å². The molecule has 2 saturated heterocycles. The van der Waals surface area contributed by atoms with Crippen molar-refractivity contribution >= 4 is 0 Å². The lowest BCUT2D eigenvalue weighted by atomic mass is 10.2. The standard InChI is InChI=1S/C8H14N4/c1-2-3-12-6-9-4-7-8(12)11-5-10-7/h7-11H,4-6H2,1H3. The molecule has 0 aromatic heterocycles. The van der Waals surface area contributed by atoms with Crippen LogP contribution < -0.4 is 16.0 Å². The summed E-state index contributed by atoms with van der Waals surface area (Å²) in [5, 5.41) is 10.0. The van der Waals surface area contributed by atoms with Crippen molar-refractivity contribution in [2.24, 2.45) is 0 Å². The highest BCUT2D eigenvalue weighted by molar-refractivity contribution is 5.03. The molecular weight excluding hydrogens is 152 g/mol. The first kappa shape index (κ1) is 7.87. The van der Waals surface area contributed by atoms with E-state index in [0.717, 1.165) is 19.9 Å². The zero-order valence-corrected chi connectivity index (χ0v) is 7.22. The maximum atomic E-state index is 3.37. The van der Waals surface area contributed by atoms with E-state index in [1.54, 1.807) is 0 Å². The van der Waals surface area contributed by atoms with Gasteiger partial charge < -0.3 is 4.90 Å². The summed E-state index contributed by atoms with van der Waals surface area (Å²) >= 11 is 0. The Hall–Kier alpha value is -0.760. The summed E-state index contributed by atoms with van der Waals surface area (Å²) in [7, 11) is 0. The first-order valence-corrected chi connectivity index (χ1v) is 4.28. The molecule has 4 heteroatoms. The minimum Gasteiger partial charge on any atom is -0.301 e. The molecule has 0 radical (unpaired) electrons. The van der Waals surface area contributed by atoms with E-state index in [9.17, 15) is 0 Å². The summed E-state index contributed by atoms with van der Waals surface area (Å²) in [5.41, 5.74) is 0. The van der Waals surface area contributed by atoms with Gasteiger partial charge in [0.2, 0.25) is 0 Å². The van der Waals surface area contributed by atoms with Crippen molar-refractivity contribution in [1.29, 1.82) is 0 Å². The van der Waals surface area contributed by atoms with Crippen molar-refractivity contribution in [2.75, 3.05) is 19.9 Å². The van der Waals surface area contributed by atoms with Gasteiger partial charge in [-0.15, -0.1) is 0 Å². The van der Waals surface area contributed by atoms with E-state index in [0.29, 0.717) is 12.2 Å². The molecule has 0 aromatic carbocycles. The third kappa shape index (κ3) is 1.27. The van der Waals surface area contributed by atoms with Gasteiger partial charge in [0.05, 0.1) is 12.7 Å². The van der Waals surface area contributed by atoms with E-state index < -0.39 is 0 Å². The van der Waals surface area contributed by atoms with Crippen LogP contribution in [0.25, 0.3) is 0 Å². The third-order valence-corrected chi connectivity index (χ3v) is 2.29. The van der Waals surface area contributed by atoms with Gasteiger partial charge in [-0.1, -0.05) is 5.92 Å². The number of hydrogen-bond acceptors (Lipinski definition) is 4. The topological polar surface area (TPSA) is 39.3 Å². The van der Waals surface area contributed by atoms with Gasteiger partial charge in [0.15, 0.2) is 0 Å². The van der Waals surface area contributed by atoms with Crippen molar-refractivity contribution < 1.29 is 0 Å². The molecule has 0 bridgehead atoms. The molecule has 0 spiro atoms. The van der Waals surface area contributed by atoms with Gasteiger partial charge >= 0.3 is 0 Å². The van der Waals surface area contributed by atoms with Gasteiger partial charge in [0, 0.05) is 19.3 Å². The summed E-state index contributed by atoms with van der Waals surface area (Å²) in [5.74, 6) is 2.92. The fraction of sp³-hybridized carbons (Fsp3) is 0.750. The summed E-state index contributed by atoms with van der Waals surface area (Å²) in [6.07, 6.45) is 0.388. The Balaban J connectivity index is 2.06. The van der Waals surface area contributed by atoms with Crippen molar-refractivity contribution in [1.82, 2.24) is 20.9 Å². The minimum atomic E-state index is 0.388. The van der Waals surface area contributed by atoms with Gasteiger partial charge in [0.25, 0.3) is 0 Å². The molecule has 2 unspecified atom stereocenters. The van der Waals surface area contributed by atoms with Crippen molar-refractivity contribution in [2.45, 2.75) is 19.1 Å². The number of nitrogens with zero attached hydrogens (tertiary/aromatic N) is 1. The number of nitrogens with one attached hydrogen (secondary N) is 3. The molecule has 0 aliphatic carbocycles. The molecule has 2 atom stereocenters. The fourth-order valence-corrected chi connectivity index (χ4v) is 1.75. The molecule has 0 saturated carbocycles. The lowest BCUT2D eigenvalue weighted by molar-refractivity contribution is 0.187. The largest absolute Gasteiger partial charge is 0.301 e. The van der Waals surface area contributed by atoms with Gasteiger partial charge in [-0.3, -0.25) is 16.0 Å². The quantitative estimate of drug-likeness (QED) is 0.390. The molecule has 3 N–H and O–H groups in total. The maximum absolute atomic E-state index is 3.37. The van der Waals surface area contributed by atoms with Crippen LogP contribution in [-0.4, -0.2) is 37.0 Å². The zero-order chi connectivity index (χ0) is 8.39. The molecule has 66 valence electrons. The molecule has 2 fully saturated rings. The second-order valence-corrected chi connectivity index (χ2v) is 3.08. The van der Waals surface area contributed by atoms with E-state index in [2.05, 4.69) is 32.8 Å². The van der Waals surface area contributed by atoms with E-state index in [1.165, 1.54) is 0 Å². The molecule has 2 aliphatic heterocycles. The Bertz CT molecular complexity index is 217. The van der Waals surface area contributed by atoms with Crippen molar-refractivity contribution in [3.8, 4) is 12.0 Å². The zero-order valence-electron chi connectivity index (χ0n) is 7.22. The summed E-state index contributed by atoms with van der Waals surface area (Å²) in [6.45, 7) is 4.64. The molecule has 0 amide bonds. The van der Waals surface area contributed by atoms with Crippen LogP contribution in [0.15, 0.2) is 0 Å². The monoisotopic (exact) mass is 166 g/mol. The summed E-state index contributed by atoms with van der Waals surface area (Å²) in [4.78, 5) is 2.11. The molecule has 12 heavy (non-hydrogen) atoms. The minimum absolute atomic E-state index is 0.388. The Morgan fingerprint density at radius 3 is 3.17 bits per heavy atom. The first-order valence-electron chi connectivity index (χ1n) is 4.28. The second kappa shape index (κ2) is 3.31. The molecule has 2 rings (SSSR count). The molecular formula is C8H14N4. The van der Waals surface area contributed by atoms with Crippen LogP contribution in [0.1, 0.15) is 6.92 Å². The van der Waals surface area contributed by atoms with Crippen LogP contribution in [0.5, 0.6) is 0 Å². The second-order valence-electron chi connectivity index (χ2n) is 3.08. The Morgan fingerprint density at radius 1 is 1.42 bits per heavy atom. The van der Waals surface area contributed by atoms with Crippen LogP contribution in [0, 0.1) is 12.0 Å². The van der Waals surface area contributed by atoms with Crippen molar-refractivity contribution in [3.63, 3.8) is 0 Å². The summed E-state index contributed by atoms with van der Waals surface area (Å²) in [6, 6.07) is 3.57. The molecule has 4 nitrogen and oxygen atoms in total. The van der Waals surface area contributed by atoms with E-state index >= 15 is 0 Å². The molecule has 0 aromatic rings. The number of fused-ring (bicyclic) bond motifs is 1. The fourth-order valence-electron chi connectivity index (χ4n) is 1.75. The maximum Gasteiger partial charge on any atom is 0.106 e. The molecule has 2 heterocycles. The highest BCUT2D eigenvalue weighted by Gasteiger charge is 2.33. The van der Waals surface area contributed by atoms with Gasteiger partial charge in [-0.25, -0.2) is 0 Å².